The Hall–Kier alpha value is -2.73. The average molecular weight is 404 g/mol. The molecule has 0 spiro atoms. The molecule has 2 heterocycles. The number of aromatic amines is 1. The van der Waals surface area contributed by atoms with Gasteiger partial charge in [-0.1, -0.05) is 43.5 Å². The molecule has 1 saturated carbocycles. The maximum absolute atomic E-state index is 5.44. The molecule has 148 valence electrons. The molecule has 2 aromatic heterocycles. The van der Waals surface area contributed by atoms with Gasteiger partial charge in [-0.2, -0.15) is 14.9 Å². The highest BCUT2D eigenvalue weighted by atomic mass is 32.1. The molecule has 1 N–H and O–H groups in total. The summed E-state index contributed by atoms with van der Waals surface area (Å²) in [5, 5.41) is 14.7. The molecule has 0 amide bonds. The van der Waals surface area contributed by atoms with Crippen molar-refractivity contribution in [1.29, 1.82) is 0 Å². The molecule has 0 unspecified atom stereocenters. The van der Waals surface area contributed by atoms with Gasteiger partial charge in [-0.15, -0.1) is 0 Å². The van der Waals surface area contributed by atoms with Crippen LogP contribution in [0.1, 0.15) is 56.3 Å². The van der Waals surface area contributed by atoms with Gasteiger partial charge in [0.2, 0.25) is 4.77 Å². The van der Waals surface area contributed by atoms with Crippen LogP contribution < -0.4 is 0 Å². The molecule has 1 aliphatic rings. The van der Waals surface area contributed by atoms with Crippen LogP contribution >= 0.6 is 12.2 Å². The zero-order valence-corrected chi connectivity index (χ0v) is 17.5. The average Bonchev–Trinajstić information content (AvgIpc) is 3.30. The smallest absolute Gasteiger partial charge is 0.216 e. The third-order valence-electron chi connectivity index (χ3n) is 6.08. The Morgan fingerprint density at radius 1 is 1.10 bits per heavy atom. The minimum absolute atomic E-state index is 0.443. The minimum atomic E-state index is 0.443. The van der Waals surface area contributed by atoms with Crippen LogP contribution in [-0.4, -0.2) is 25.7 Å². The van der Waals surface area contributed by atoms with Gasteiger partial charge in [-0.05, 0) is 55.7 Å². The third kappa shape index (κ3) is 3.21. The molecule has 0 aliphatic heterocycles. The van der Waals surface area contributed by atoms with Crippen LogP contribution in [0.5, 0.6) is 0 Å². The van der Waals surface area contributed by atoms with Crippen LogP contribution in [0.2, 0.25) is 0 Å². The van der Waals surface area contributed by atoms with Crippen LogP contribution in [-0.2, 0) is 6.54 Å². The molecule has 1 fully saturated rings. The quantitative estimate of drug-likeness (QED) is 0.336. The van der Waals surface area contributed by atoms with Crippen molar-refractivity contribution in [3.63, 3.8) is 0 Å². The fourth-order valence-electron chi connectivity index (χ4n) is 4.66. The lowest BCUT2D eigenvalue weighted by Crippen LogP contribution is -2.10. The highest BCUT2D eigenvalue weighted by Crippen LogP contribution is 2.32. The van der Waals surface area contributed by atoms with E-state index in [0.29, 0.717) is 10.7 Å². The Labute approximate surface area is 175 Å². The SMILES string of the molecule is CCn1c2ccccc2c2cc(/C=N\n3c(C4CCCCC4)n[nH]c3=S)ccc21. The van der Waals surface area contributed by atoms with Gasteiger partial charge in [-0.25, -0.2) is 0 Å². The fourth-order valence-corrected chi connectivity index (χ4v) is 4.84. The first-order chi connectivity index (χ1) is 14.3. The molecule has 1 aliphatic carbocycles. The molecule has 0 atom stereocenters. The van der Waals surface area contributed by atoms with Crippen LogP contribution in [0.3, 0.4) is 0 Å². The maximum atomic E-state index is 5.44. The zero-order chi connectivity index (χ0) is 19.8. The van der Waals surface area contributed by atoms with Crippen LogP contribution in [0.15, 0.2) is 47.6 Å². The summed E-state index contributed by atoms with van der Waals surface area (Å²) in [7, 11) is 0. The second-order valence-corrected chi connectivity index (χ2v) is 8.20. The van der Waals surface area contributed by atoms with Crippen LogP contribution in [0.4, 0.5) is 0 Å². The lowest BCUT2D eigenvalue weighted by molar-refractivity contribution is 0.419. The number of para-hydroxylation sites is 1. The number of benzene rings is 2. The van der Waals surface area contributed by atoms with Gasteiger partial charge in [0.15, 0.2) is 5.82 Å². The van der Waals surface area contributed by atoms with Crippen molar-refractivity contribution >= 4 is 40.2 Å². The molecule has 2 aromatic carbocycles. The predicted molar refractivity (Wildman–Crippen MR) is 121 cm³/mol. The number of rotatable bonds is 4. The van der Waals surface area contributed by atoms with Crippen molar-refractivity contribution in [1.82, 2.24) is 19.4 Å². The van der Waals surface area contributed by atoms with Gasteiger partial charge >= 0.3 is 0 Å². The van der Waals surface area contributed by atoms with Crippen molar-refractivity contribution in [2.45, 2.75) is 51.5 Å². The number of hydrogen-bond donors (Lipinski definition) is 1. The number of aromatic nitrogens is 4. The van der Waals surface area contributed by atoms with E-state index in [1.807, 2.05) is 10.9 Å². The van der Waals surface area contributed by atoms with E-state index < -0.39 is 0 Å². The molecule has 5 nitrogen and oxygen atoms in total. The lowest BCUT2D eigenvalue weighted by atomic mass is 9.89. The summed E-state index contributed by atoms with van der Waals surface area (Å²) in [5.41, 5.74) is 3.60. The number of H-pyrrole nitrogens is 1. The topological polar surface area (TPSA) is 50.9 Å². The first kappa shape index (κ1) is 18.3. The van der Waals surface area contributed by atoms with E-state index in [1.54, 1.807) is 0 Å². The van der Waals surface area contributed by atoms with E-state index in [9.17, 15) is 0 Å². The molecule has 5 rings (SSSR count). The second-order valence-electron chi connectivity index (χ2n) is 7.82. The van der Waals surface area contributed by atoms with E-state index in [2.05, 4.69) is 64.2 Å². The number of nitrogens with one attached hydrogen (secondary N) is 1. The Bertz CT molecular complexity index is 1250. The highest BCUT2D eigenvalue weighted by Gasteiger charge is 2.21. The van der Waals surface area contributed by atoms with Gasteiger partial charge in [0.25, 0.3) is 0 Å². The summed E-state index contributed by atoms with van der Waals surface area (Å²) in [6, 6.07) is 15.1. The second kappa shape index (κ2) is 7.59. The Balaban J connectivity index is 1.54. The largest absolute Gasteiger partial charge is 0.341 e. The summed E-state index contributed by atoms with van der Waals surface area (Å²) in [6.45, 7) is 3.14. The summed E-state index contributed by atoms with van der Waals surface area (Å²) in [5.74, 6) is 1.41. The lowest BCUT2D eigenvalue weighted by Gasteiger charge is -2.19. The summed E-state index contributed by atoms with van der Waals surface area (Å²) >= 11 is 5.44. The first-order valence-corrected chi connectivity index (χ1v) is 10.9. The molecule has 29 heavy (non-hydrogen) atoms. The zero-order valence-electron chi connectivity index (χ0n) is 16.6. The van der Waals surface area contributed by atoms with E-state index >= 15 is 0 Å². The van der Waals surface area contributed by atoms with E-state index in [1.165, 1.54) is 41.1 Å². The van der Waals surface area contributed by atoms with E-state index in [0.717, 1.165) is 30.8 Å². The van der Waals surface area contributed by atoms with Crippen molar-refractivity contribution in [3.8, 4) is 0 Å². The van der Waals surface area contributed by atoms with Gasteiger partial charge in [0.1, 0.15) is 0 Å². The monoisotopic (exact) mass is 403 g/mol. The van der Waals surface area contributed by atoms with Crippen molar-refractivity contribution in [3.05, 3.63) is 58.6 Å². The van der Waals surface area contributed by atoms with E-state index in [4.69, 9.17) is 17.3 Å². The maximum Gasteiger partial charge on any atom is 0.216 e. The van der Waals surface area contributed by atoms with Gasteiger partial charge in [-0.3, -0.25) is 5.10 Å². The number of hydrogen-bond acceptors (Lipinski definition) is 3. The summed E-state index contributed by atoms with van der Waals surface area (Å²) in [4.78, 5) is 0. The molecular formula is C23H25N5S. The number of aryl methyl sites for hydroxylation is 1. The molecule has 0 saturated heterocycles. The Kier molecular flexibility index (Phi) is 4.79. The number of fused-ring (bicyclic) bond motifs is 3. The molecular weight excluding hydrogens is 378 g/mol. The first-order valence-electron chi connectivity index (χ1n) is 10.5. The Morgan fingerprint density at radius 2 is 1.90 bits per heavy atom. The van der Waals surface area contributed by atoms with E-state index in [-0.39, 0.29) is 0 Å². The summed E-state index contributed by atoms with van der Waals surface area (Å²) < 4.78 is 4.73. The number of nitrogens with zero attached hydrogens (tertiary/aromatic N) is 4. The van der Waals surface area contributed by atoms with Gasteiger partial charge < -0.3 is 4.57 Å². The van der Waals surface area contributed by atoms with Crippen LogP contribution in [0, 0.1) is 4.77 Å². The third-order valence-corrected chi connectivity index (χ3v) is 6.34. The normalized spacial score (nSPS) is 15.8. The van der Waals surface area contributed by atoms with Crippen LogP contribution in [0.25, 0.3) is 21.8 Å². The fraction of sp³-hybridized carbons (Fsp3) is 0.348. The molecule has 0 radical (unpaired) electrons. The standard InChI is InChI=1S/C23H25N5S/c1-2-27-20-11-7-6-10-18(20)19-14-16(12-13-21(19)27)15-24-28-22(25-26-23(28)29)17-8-4-3-5-9-17/h6-7,10-15,17H,2-5,8-9H2,1H3,(H,26,29)/b24-15-. The van der Waals surface area contributed by atoms with Gasteiger partial charge in [0.05, 0.1) is 6.21 Å². The molecule has 6 heteroatoms. The minimum Gasteiger partial charge on any atom is -0.341 e. The molecule has 0 bridgehead atoms. The van der Waals surface area contributed by atoms with Crippen molar-refractivity contribution < 1.29 is 0 Å². The Morgan fingerprint density at radius 3 is 2.72 bits per heavy atom. The van der Waals surface area contributed by atoms with Crippen molar-refractivity contribution in [2.75, 3.05) is 0 Å². The molecule has 4 aromatic rings. The highest BCUT2D eigenvalue weighted by molar-refractivity contribution is 7.71. The predicted octanol–water partition coefficient (Wildman–Crippen LogP) is 6.00. The van der Waals surface area contributed by atoms with Gasteiger partial charge in [0, 0.05) is 34.3 Å². The summed E-state index contributed by atoms with van der Waals surface area (Å²) in [6.07, 6.45) is 8.05. The van der Waals surface area contributed by atoms with Crippen molar-refractivity contribution in [2.24, 2.45) is 5.10 Å².